The minimum absolute atomic E-state index is 0.0475. The summed E-state index contributed by atoms with van der Waals surface area (Å²) in [4.78, 5) is 36.8. The van der Waals surface area contributed by atoms with Gasteiger partial charge in [-0.2, -0.15) is 0 Å². The van der Waals surface area contributed by atoms with E-state index in [1.54, 1.807) is 27.9 Å². The molecule has 3 fully saturated rings. The Morgan fingerprint density at radius 3 is 2.30 bits per heavy atom. The van der Waals surface area contributed by atoms with Crippen LogP contribution in [0.25, 0.3) is 0 Å². The molecule has 3 N–H and O–H groups in total. The van der Waals surface area contributed by atoms with Gasteiger partial charge in [0.25, 0.3) is 0 Å². The van der Waals surface area contributed by atoms with Crippen molar-refractivity contribution in [3.8, 4) is 0 Å². The van der Waals surface area contributed by atoms with Crippen molar-refractivity contribution in [1.29, 1.82) is 0 Å². The molecule has 7 atom stereocenters. The molecule has 2 saturated carbocycles. The topological polar surface area (TPSA) is 134 Å². The molecule has 4 aliphatic rings. The fraction of sp³-hybridized carbons (Fsp3) is 0.676. The molecule has 0 spiro atoms. The second-order valence-electron chi connectivity index (χ2n) is 14.1. The molecule has 3 aliphatic carbocycles. The molecule has 0 aromatic heterocycles. The highest BCUT2D eigenvalue weighted by molar-refractivity contribution is 5.89. The van der Waals surface area contributed by atoms with Crippen molar-refractivity contribution in [3.05, 3.63) is 47.0 Å². The van der Waals surface area contributed by atoms with Crippen LogP contribution in [0.2, 0.25) is 0 Å². The van der Waals surface area contributed by atoms with Crippen LogP contribution in [0.1, 0.15) is 79.2 Å². The van der Waals surface area contributed by atoms with E-state index in [-0.39, 0.29) is 42.0 Å². The number of amides is 1. The van der Waals surface area contributed by atoms with Crippen LogP contribution in [0.3, 0.4) is 0 Å². The van der Waals surface area contributed by atoms with E-state index in [9.17, 15) is 19.5 Å². The van der Waals surface area contributed by atoms with Crippen LogP contribution in [-0.4, -0.2) is 66.2 Å². The van der Waals surface area contributed by atoms with Gasteiger partial charge in [0.15, 0.2) is 5.78 Å². The lowest BCUT2D eigenvalue weighted by Gasteiger charge is -2.58. The molecule has 43 heavy (non-hydrogen) atoms. The monoisotopic (exact) mass is 599 g/mol. The second-order valence-corrected chi connectivity index (χ2v) is 14.1. The van der Waals surface area contributed by atoms with Crippen molar-refractivity contribution in [2.75, 3.05) is 13.7 Å². The predicted octanol–water partition coefficient (Wildman–Crippen LogP) is 4.92. The smallest absolute Gasteiger partial charge is 0.405 e. The third-order valence-corrected chi connectivity index (χ3v) is 9.91. The lowest BCUT2D eigenvalue weighted by atomic mass is 9.51. The molecule has 2 bridgehead atoms. The van der Waals surface area contributed by atoms with E-state index < -0.39 is 34.9 Å². The van der Waals surface area contributed by atoms with Gasteiger partial charge < -0.3 is 29.8 Å². The Morgan fingerprint density at radius 1 is 1.09 bits per heavy atom. The summed E-state index contributed by atoms with van der Waals surface area (Å²) in [5.74, 6) is 0.00519. The van der Waals surface area contributed by atoms with Gasteiger partial charge in [-0.05, 0) is 76.0 Å². The maximum absolute atomic E-state index is 13.9. The molecule has 1 aliphatic heterocycles. The Hall–Kier alpha value is -2.75. The standard InChI is InChI=1S/C29H38O6.C5H11NO2/c1-17-23(35-24(30)13-10-18-8-6-5-7-9-18)15-29(32)14-20-19(11-12-22-21(20)16-34-22)26(31)27(33-4)25(17)28(29,2)3;1-5(2,3)8-4(6)7/h5-9,19-23,27,32H,10-16H2,1-4H3;1-3H3,(H2,6,7)/t19?,20?,21?,22?,23-,27?,29?;/m0./s1. The fourth-order valence-corrected chi connectivity index (χ4v) is 7.55. The highest BCUT2D eigenvalue weighted by atomic mass is 16.6. The number of esters is 1. The zero-order valence-electron chi connectivity index (χ0n) is 26.7. The summed E-state index contributed by atoms with van der Waals surface area (Å²) in [5.41, 5.74) is 5.16. The van der Waals surface area contributed by atoms with E-state index in [1.807, 2.05) is 51.1 Å². The Morgan fingerprint density at radius 2 is 1.77 bits per heavy atom. The first-order valence-corrected chi connectivity index (χ1v) is 15.4. The summed E-state index contributed by atoms with van der Waals surface area (Å²) in [6, 6.07) is 9.86. The Bertz CT molecular complexity index is 1220. The Balaban J connectivity index is 0.000000467. The van der Waals surface area contributed by atoms with Crippen LogP contribution in [0, 0.1) is 23.2 Å². The first-order chi connectivity index (χ1) is 20.1. The average Bonchev–Trinajstić information content (AvgIpc) is 2.88. The van der Waals surface area contributed by atoms with E-state index in [0.717, 1.165) is 29.6 Å². The number of fused-ring (bicyclic) bond motifs is 5. The molecule has 1 heterocycles. The lowest BCUT2D eigenvalue weighted by molar-refractivity contribution is -0.204. The zero-order valence-corrected chi connectivity index (χ0v) is 26.7. The number of hydrogen-bond donors (Lipinski definition) is 2. The van der Waals surface area contributed by atoms with Crippen molar-refractivity contribution < 1.29 is 38.4 Å². The number of benzene rings is 1. The third-order valence-electron chi connectivity index (χ3n) is 9.91. The number of nitrogens with two attached hydrogens (primary N) is 1. The van der Waals surface area contributed by atoms with Crippen molar-refractivity contribution in [3.63, 3.8) is 0 Å². The molecule has 0 radical (unpaired) electrons. The molecule has 9 nitrogen and oxygen atoms in total. The van der Waals surface area contributed by atoms with Gasteiger partial charge in [0.05, 0.1) is 18.3 Å². The van der Waals surface area contributed by atoms with E-state index in [2.05, 4.69) is 4.74 Å². The highest BCUT2D eigenvalue weighted by Gasteiger charge is 2.61. The van der Waals surface area contributed by atoms with Crippen LogP contribution in [0.5, 0.6) is 0 Å². The van der Waals surface area contributed by atoms with Crippen LogP contribution in [-0.2, 0) is 35.0 Å². The summed E-state index contributed by atoms with van der Waals surface area (Å²) in [6.07, 6.45) is 1.50. The van der Waals surface area contributed by atoms with E-state index in [4.69, 9.17) is 19.9 Å². The highest BCUT2D eigenvalue weighted by Crippen LogP contribution is 2.58. The van der Waals surface area contributed by atoms with Crippen LogP contribution >= 0.6 is 0 Å². The molecular weight excluding hydrogens is 550 g/mol. The Kier molecular flexibility index (Phi) is 9.79. The normalized spacial score (nSPS) is 32.9. The Labute approximate surface area is 255 Å². The van der Waals surface area contributed by atoms with Gasteiger partial charge in [-0.15, -0.1) is 0 Å². The van der Waals surface area contributed by atoms with E-state index >= 15 is 0 Å². The molecule has 1 amide bonds. The molecule has 5 rings (SSSR count). The first-order valence-electron chi connectivity index (χ1n) is 15.4. The maximum Gasteiger partial charge on any atom is 0.405 e. The van der Waals surface area contributed by atoms with Gasteiger partial charge in [-0.25, -0.2) is 4.79 Å². The van der Waals surface area contributed by atoms with E-state index in [1.165, 1.54) is 0 Å². The molecule has 238 valence electrons. The number of ketones is 1. The fourth-order valence-electron chi connectivity index (χ4n) is 7.55. The number of Topliss-reactive ketones (excluding diaryl/α,β-unsaturated/α-hetero) is 1. The number of methoxy groups -OCH3 is 1. The second kappa shape index (κ2) is 12.7. The predicted molar refractivity (Wildman–Crippen MR) is 161 cm³/mol. The van der Waals surface area contributed by atoms with E-state index in [0.29, 0.717) is 25.9 Å². The minimum Gasteiger partial charge on any atom is -0.458 e. The number of ether oxygens (including phenoxy) is 4. The van der Waals surface area contributed by atoms with Gasteiger partial charge in [0.2, 0.25) is 0 Å². The number of carbonyl (C=O) groups excluding carboxylic acids is 3. The van der Waals surface area contributed by atoms with Gasteiger partial charge >= 0.3 is 12.1 Å². The maximum atomic E-state index is 13.9. The number of rotatable bonds is 5. The first kappa shape index (κ1) is 33.1. The van der Waals surface area contributed by atoms with Gasteiger partial charge in [-0.3, -0.25) is 9.59 Å². The van der Waals surface area contributed by atoms with Gasteiger partial charge in [0, 0.05) is 37.2 Å². The zero-order chi connectivity index (χ0) is 31.7. The summed E-state index contributed by atoms with van der Waals surface area (Å²) < 4.78 is 22.2. The number of aryl methyl sites for hydroxylation is 1. The minimum atomic E-state index is -1.12. The molecule has 1 aromatic rings. The summed E-state index contributed by atoms with van der Waals surface area (Å²) in [7, 11) is 1.57. The van der Waals surface area contributed by atoms with Crippen LogP contribution < -0.4 is 5.73 Å². The van der Waals surface area contributed by atoms with Crippen LogP contribution in [0.4, 0.5) is 4.79 Å². The molecule has 9 heteroatoms. The molecule has 6 unspecified atom stereocenters. The molecular formula is C34H49NO8. The average molecular weight is 600 g/mol. The summed E-state index contributed by atoms with van der Waals surface area (Å²) in [5, 5.41) is 12.3. The number of carbonyl (C=O) groups is 3. The van der Waals surface area contributed by atoms with Crippen molar-refractivity contribution in [2.24, 2.45) is 28.9 Å². The third kappa shape index (κ3) is 6.99. The van der Waals surface area contributed by atoms with Gasteiger partial charge in [-0.1, -0.05) is 44.2 Å². The van der Waals surface area contributed by atoms with Crippen LogP contribution in [0.15, 0.2) is 41.5 Å². The van der Waals surface area contributed by atoms with Crippen molar-refractivity contribution >= 4 is 17.8 Å². The largest absolute Gasteiger partial charge is 0.458 e. The van der Waals surface area contributed by atoms with Gasteiger partial charge in [0.1, 0.15) is 17.8 Å². The number of primary amides is 1. The van der Waals surface area contributed by atoms with Crippen molar-refractivity contribution in [1.82, 2.24) is 0 Å². The number of aliphatic hydroxyl groups is 1. The summed E-state index contributed by atoms with van der Waals surface area (Å²) in [6.45, 7) is 11.9. The lowest BCUT2D eigenvalue weighted by Crippen LogP contribution is -2.63. The molecule has 1 saturated heterocycles. The molecule has 1 aromatic carbocycles. The number of hydrogen-bond acceptors (Lipinski definition) is 8. The quantitative estimate of drug-likeness (QED) is 0.360. The SMILES string of the molecule is CC(C)(C)OC(N)=O.COC1C(=O)C2CCC3OCC3C2CC2(O)C[C@H](OC(=O)CCc3ccccc3)C(C)=C1C2(C)C. The summed E-state index contributed by atoms with van der Waals surface area (Å²) >= 11 is 0. The van der Waals surface area contributed by atoms with Crippen molar-refractivity contribution in [2.45, 2.75) is 110 Å².